The van der Waals surface area contributed by atoms with Gasteiger partial charge in [-0.3, -0.25) is 0 Å². The molecule has 0 aromatic heterocycles. The van der Waals surface area contributed by atoms with Crippen LogP contribution in [0.25, 0.3) is 0 Å². The zero-order valence-corrected chi connectivity index (χ0v) is 10.8. The maximum absolute atomic E-state index is 3.80. The van der Waals surface area contributed by atoms with Crippen LogP contribution in [0.3, 0.4) is 0 Å². The van der Waals surface area contributed by atoms with Gasteiger partial charge in [0.2, 0.25) is 0 Å². The van der Waals surface area contributed by atoms with Crippen molar-refractivity contribution in [1.82, 2.24) is 5.32 Å². The van der Waals surface area contributed by atoms with Crippen molar-refractivity contribution in [3.63, 3.8) is 0 Å². The number of hydrogen-bond acceptors (Lipinski definition) is 1. The fourth-order valence-electron chi connectivity index (χ4n) is 3.22. The molecule has 1 fully saturated rings. The average molecular weight is 229 g/mol. The average Bonchev–Trinajstić information content (AvgIpc) is 2.30. The van der Waals surface area contributed by atoms with Crippen molar-refractivity contribution >= 4 is 0 Å². The molecule has 0 bridgehead atoms. The first-order valence-corrected chi connectivity index (χ1v) is 7.17. The van der Waals surface area contributed by atoms with E-state index in [1.807, 2.05) is 0 Å². The van der Waals surface area contributed by atoms with Crippen LogP contribution in [-0.4, -0.2) is 6.54 Å². The fraction of sp³-hybridized carbons (Fsp3) is 0.625. The van der Waals surface area contributed by atoms with E-state index in [4.69, 9.17) is 0 Å². The molecule has 0 aliphatic heterocycles. The first kappa shape index (κ1) is 11.3. The molecule has 1 aromatic rings. The minimum absolute atomic E-state index is 0.614. The first-order valence-electron chi connectivity index (χ1n) is 7.17. The normalized spacial score (nSPS) is 28.5. The van der Waals surface area contributed by atoms with Crippen LogP contribution in [0.4, 0.5) is 0 Å². The zero-order chi connectivity index (χ0) is 11.7. The molecule has 3 rings (SSSR count). The Labute approximate surface area is 105 Å². The van der Waals surface area contributed by atoms with Gasteiger partial charge in [-0.05, 0) is 55.2 Å². The summed E-state index contributed by atoms with van der Waals surface area (Å²) in [4.78, 5) is 0. The molecule has 0 heterocycles. The minimum Gasteiger partial charge on any atom is -0.310 e. The third-order valence-electron chi connectivity index (χ3n) is 4.67. The molecule has 1 N–H and O–H groups in total. The van der Waals surface area contributed by atoms with E-state index in [-0.39, 0.29) is 0 Å². The van der Waals surface area contributed by atoms with Gasteiger partial charge in [0.1, 0.15) is 0 Å². The molecule has 0 radical (unpaired) electrons. The van der Waals surface area contributed by atoms with Crippen LogP contribution in [0.2, 0.25) is 0 Å². The standard InChI is InChI=1S/C16H23N/c1-12-9-10-16(17-11-13-5-4-6-13)15-8-3-2-7-14(12)15/h2-3,7-8,12-13,16-17H,4-6,9-11H2,1H3. The summed E-state index contributed by atoms with van der Waals surface area (Å²) in [5, 5.41) is 3.80. The van der Waals surface area contributed by atoms with E-state index in [2.05, 4.69) is 36.5 Å². The third kappa shape index (κ3) is 2.26. The lowest BCUT2D eigenvalue weighted by molar-refractivity contribution is 0.281. The Morgan fingerprint density at radius 1 is 1.06 bits per heavy atom. The lowest BCUT2D eigenvalue weighted by Crippen LogP contribution is -2.32. The Morgan fingerprint density at radius 2 is 1.82 bits per heavy atom. The topological polar surface area (TPSA) is 12.0 Å². The molecule has 0 saturated heterocycles. The Bertz CT molecular complexity index is 381. The van der Waals surface area contributed by atoms with Gasteiger partial charge < -0.3 is 5.32 Å². The monoisotopic (exact) mass is 229 g/mol. The van der Waals surface area contributed by atoms with Crippen molar-refractivity contribution in [3.8, 4) is 0 Å². The number of hydrogen-bond donors (Lipinski definition) is 1. The van der Waals surface area contributed by atoms with Crippen molar-refractivity contribution in [2.75, 3.05) is 6.54 Å². The van der Waals surface area contributed by atoms with Crippen molar-refractivity contribution in [2.45, 2.75) is 51.0 Å². The van der Waals surface area contributed by atoms with E-state index >= 15 is 0 Å². The van der Waals surface area contributed by atoms with Gasteiger partial charge in [-0.1, -0.05) is 37.6 Å². The zero-order valence-electron chi connectivity index (χ0n) is 10.8. The molecule has 1 heteroatoms. The maximum Gasteiger partial charge on any atom is 0.0323 e. The highest BCUT2D eigenvalue weighted by molar-refractivity contribution is 5.34. The summed E-state index contributed by atoms with van der Waals surface area (Å²) in [6.45, 7) is 3.59. The van der Waals surface area contributed by atoms with Crippen molar-refractivity contribution < 1.29 is 0 Å². The van der Waals surface area contributed by atoms with Gasteiger partial charge in [0.25, 0.3) is 0 Å². The maximum atomic E-state index is 3.80. The van der Waals surface area contributed by atoms with Crippen molar-refractivity contribution in [1.29, 1.82) is 0 Å². The van der Waals surface area contributed by atoms with Gasteiger partial charge in [0.05, 0.1) is 0 Å². The number of nitrogens with one attached hydrogen (secondary N) is 1. The molecule has 0 amide bonds. The summed E-state index contributed by atoms with van der Waals surface area (Å²) in [6, 6.07) is 9.63. The lowest BCUT2D eigenvalue weighted by atomic mass is 9.80. The largest absolute Gasteiger partial charge is 0.310 e. The van der Waals surface area contributed by atoms with E-state index in [1.54, 1.807) is 11.1 Å². The molecule has 2 unspecified atom stereocenters. The van der Waals surface area contributed by atoms with Crippen LogP contribution < -0.4 is 5.32 Å². The SMILES string of the molecule is CC1CCC(NCC2CCC2)c2ccccc21. The van der Waals surface area contributed by atoms with E-state index in [9.17, 15) is 0 Å². The Balaban J connectivity index is 1.71. The fourth-order valence-corrected chi connectivity index (χ4v) is 3.22. The summed E-state index contributed by atoms with van der Waals surface area (Å²) < 4.78 is 0. The summed E-state index contributed by atoms with van der Waals surface area (Å²) in [6.07, 6.45) is 6.98. The second-order valence-corrected chi connectivity index (χ2v) is 5.87. The molecule has 1 saturated carbocycles. The number of fused-ring (bicyclic) bond motifs is 1. The molecule has 2 atom stereocenters. The van der Waals surface area contributed by atoms with Crippen LogP contribution in [0.1, 0.15) is 62.1 Å². The predicted octanol–water partition coefficient (Wildman–Crippen LogP) is 4.01. The predicted molar refractivity (Wildman–Crippen MR) is 72.2 cm³/mol. The van der Waals surface area contributed by atoms with Crippen molar-refractivity contribution in [2.24, 2.45) is 5.92 Å². The molecule has 1 nitrogen and oxygen atoms in total. The summed E-state index contributed by atoms with van der Waals surface area (Å²) in [5.74, 6) is 1.70. The second-order valence-electron chi connectivity index (χ2n) is 5.87. The van der Waals surface area contributed by atoms with Gasteiger partial charge in [0.15, 0.2) is 0 Å². The molecule has 0 spiro atoms. The van der Waals surface area contributed by atoms with Gasteiger partial charge in [-0.25, -0.2) is 0 Å². The Hall–Kier alpha value is -0.820. The van der Waals surface area contributed by atoms with Gasteiger partial charge >= 0.3 is 0 Å². The number of benzene rings is 1. The van der Waals surface area contributed by atoms with Crippen LogP contribution in [0.15, 0.2) is 24.3 Å². The van der Waals surface area contributed by atoms with E-state index in [0.29, 0.717) is 6.04 Å². The number of rotatable bonds is 3. The summed E-state index contributed by atoms with van der Waals surface area (Å²) in [7, 11) is 0. The molecule has 17 heavy (non-hydrogen) atoms. The quantitative estimate of drug-likeness (QED) is 0.825. The highest BCUT2D eigenvalue weighted by atomic mass is 14.9. The van der Waals surface area contributed by atoms with Crippen LogP contribution >= 0.6 is 0 Å². The molecular weight excluding hydrogens is 206 g/mol. The van der Waals surface area contributed by atoms with Crippen LogP contribution in [0.5, 0.6) is 0 Å². The van der Waals surface area contributed by atoms with E-state index in [1.165, 1.54) is 38.6 Å². The van der Waals surface area contributed by atoms with Crippen molar-refractivity contribution in [3.05, 3.63) is 35.4 Å². The van der Waals surface area contributed by atoms with Crippen LogP contribution in [0, 0.1) is 5.92 Å². The van der Waals surface area contributed by atoms with Gasteiger partial charge in [-0.15, -0.1) is 0 Å². The summed E-state index contributed by atoms with van der Waals surface area (Å²) >= 11 is 0. The molecular formula is C16H23N. The van der Waals surface area contributed by atoms with E-state index < -0.39 is 0 Å². The molecule has 92 valence electrons. The van der Waals surface area contributed by atoms with E-state index in [0.717, 1.165) is 11.8 Å². The molecule has 1 aromatic carbocycles. The minimum atomic E-state index is 0.614. The molecule has 2 aliphatic carbocycles. The lowest BCUT2D eigenvalue weighted by Gasteiger charge is -2.33. The smallest absolute Gasteiger partial charge is 0.0323 e. The Morgan fingerprint density at radius 3 is 2.53 bits per heavy atom. The van der Waals surface area contributed by atoms with Gasteiger partial charge in [0, 0.05) is 6.04 Å². The highest BCUT2D eigenvalue weighted by Crippen LogP contribution is 2.37. The summed E-state index contributed by atoms with van der Waals surface area (Å²) in [5.41, 5.74) is 3.13. The highest BCUT2D eigenvalue weighted by Gasteiger charge is 2.25. The Kier molecular flexibility index (Phi) is 3.19. The van der Waals surface area contributed by atoms with Crippen LogP contribution in [-0.2, 0) is 0 Å². The van der Waals surface area contributed by atoms with Gasteiger partial charge in [-0.2, -0.15) is 0 Å². The molecule has 2 aliphatic rings. The third-order valence-corrected chi connectivity index (χ3v) is 4.67. The first-order chi connectivity index (χ1) is 8.34. The second kappa shape index (κ2) is 4.81.